The first-order chi connectivity index (χ1) is 9.42. The summed E-state index contributed by atoms with van der Waals surface area (Å²) < 4.78 is 27.8. The van der Waals surface area contributed by atoms with Gasteiger partial charge in [0.15, 0.2) is 0 Å². The summed E-state index contributed by atoms with van der Waals surface area (Å²) in [5.41, 5.74) is 6.20. The predicted molar refractivity (Wildman–Crippen MR) is 87.8 cm³/mol. The third kappa shape index (κ3) is 4.28. The van der Waals surface area contributed by atoms with Gasteiger partial charge in [0, 0.05) is 12.1 Å². The SMILES string of the molecule is CC(C)C(C)(CN)NS(=O)(=O)c1ccc(C(C)(C)C)cc1. The Hall–Kier alpha value is -0.910. The van der Waals surface area contributed by atoms with Gasteiger partial charge in [-0.25, -0.2) is 13.1 Å². The van der Waals surface area contributed by atoms with E-state index in [0.717, 1.165) is 5.56 Å². The molecule has 0 saturated carbocycles. The van der Waals surface area contributed by atoms with Crippen molar-refractivity contribution in [2.24, 2.45) is 11.7 Å². The zero-order valence-electron chi connectivity index (χ0n) is 13.9. The maximum atomic E-state index is 12.5. The fourth-order valence-corrected chi connectivity index (χ4v) is 3.44. The van der Waals surface area contributed by atoms with E-state index in [-0.39, 0.29) is 22.8 Å². The van der Waals surface area contributed by atoms with Crippen molar-refractivity contribution in [2.45, 2.75) is 57.4 Å². The van der Waals surface area contributed by atoms with E-state index in [9.17, 15) is 8.42 Å². The highest BCUT2D eigenvalue weighted by Crippen LogP contribution is 2.24. The first kappa shape index (κ1) is 18.1. The monoisotopic (exact) mass is 312 g/mol. The molecule has 1 aromatic rings. The lowest BCUT2D eigenvalue weighted by Gasteiger charge is -2.33. The highest BCUT2D eigenvalue weighted by atomic mass is 32.2. The van der Waals surface area contributed by atoms with Crippen LogP contribution < -0.4 is 10.5 Å². The molecule has 0 aliphatic rings. The van der Waals surface area contributed by atoms with Gasteiger partial charge in [0.2, 0.25) is 10.0 Å². The molecule has 5 heteroatoms. The number of nitrogens with two attached hydrogens (primary N) is 1. The molecule has 0 aliphatic heterocycles. The summed E-state index contributed by atoms with van der Waals surface area (Å²) in [4.78, 5) is 0.274. The van der Waals surface area contributed by atoms with E-state index in [4.69, 9.17) is 5.73 Å². The van der Waals surface area contributed by atoms with Crippen LogP contribution in [-0.4, -0.2) is 20.5 Å². The molecule has 0 amide bonds. The zero-order valence-corrected chi connectivity index (χ0v) is 14.7. The summed E-state index contributed by atoms with van der Waals surface area (Å²) >= 11 is 0. The van der Waals surface area contributed by atoms with Crippen molar-refractivity contribution < 1.29 is 8.42 Å². The summed E-state index contributed by atoms with van der Waals surface area (Å²) in [6, 6.07) is 7.04. The van der Waals surface area contributed by atoms with Gasteiger partial charge in [-0.2, -0.15) is 0 Å². The smallest absolute Gasteiger partial charge is 0.241 e. The summed E-state index contributed by atoms with van der Waals surface area (Å²) in [6.07, 6.45) is 0. The standard InChI is InChI=1S/C16H28N2O2S/c1-12(2)16(6,11-17)18-21(19,20)14-9-7-13(8-10-14)15(3,4)5/h7-10,12,18H,11,17H2,1-6H3. The Morgan fingerprint density at radius 3 is 1.90 bits per heavy atom. The Kier molecular flexibility index (Phi) is 5.24. The molecular formula is C16H28N2O2S. The maximum Gasteiger partial charge on any atom is 0.241 e. The van der Waals surface area contributed by atoms with Crippen molar-refractivity contribution in [2.75, 3.05) is 6.54 Å². The highest BCUT2D eigenvalue weighted by molar-refractivity contribution is 7.89. The van der Waals surface area contributed by atoms with Crippen LogP contribution in [0.4, 0.5) is 0 Å². The largest absolute Gasteiger partial charge is 0.329 e. The molecule has 0 bridgehead atoms. The van der Waals surface area contributed by atoms with Gasteiger partial charge < -0.3 is 5.73 Å². The van der Waals surface area contributed by atoms with Gasteiger partial charge >= 0.3 is 0 Å². The van der Waals surface area contributed by atoms with Crippen LogP contribution in [0.25, 0.3) is 0 Å². The molecule has 0 aromatic heterocycles. The van der Waals surface area contributed by atoms with Gasteiger partial charge in [0.25, 0.3) is 0 Å². The Bertz CT molecular complexity index is 571. The van der Waals surface area contributed by atoms with Gasteiger partial charge in [-0.3, -0.25) is 0 Å². The average Bonchev–Trinajstić information content (AvgIpc) is 2.37. The van der Waals surface area contributed by atoms with Crippen molar-refractivity contribution >= 4 is 10.0 Å². The summed E-state index contributed by atoms with van der Waals surface area (Å²) in [6.45, 7) is 12.3. The molecule has 120 valence electrons. The van der Waals surface area contributed by atoms with Crippen LogP contribution >= 0.6 is 0 Å². The fraction of sp³-hybridized carbons (Fsp3) is 0.625. The van der Waals surface area contributed by atoms with Crippen molar-refractivity contribution in [1.82, 2.24) is 4.72 Å². The van der Waals surface area contributed by atoms with Crippen LogP contribution in [0.5, 0.6) is 0 Å². The van der Waals surface area contributed by atoms with Gasteiger partial charge in [-0.15, -0.1) is 0 Å². The minimum Gasteiger partial charge on any atom is -0.329 e. The average molecular weight is 312 g/mol. The Morgan fingerprint density at radius 2 is 1.57 bits per heavy atom. The molecule has 0 saturated heterocycles. The number of benzene rings is 1. The quantitative estimate of drug-likeness (QED) is 0.878. The molecule has 3 N–H and O–H groups in total. The van der Waals surface area contributed by atoms with E-state index >= 15 is 0 Å². The minimum absolute atomic E-state index is 0.000569. The number of sulfonamides is 1. The molecular weight excluding hydrogens is 284 g/mol. The van der Waals surface area contributed by atoms with Gasteiger partial charge in [0.1, 0.15) is 0 Å². The topological polar surface area (TPSA) is 72.2 Å². The lowest BCUT2D eigenvalue weighted by molar-refractivity contribution is 0.315. The molecule has 0 aliphatic carbocycles. The molecule has 4 nitrogen and oxygen atoms in total. The molecule has 1 atom stereocenters. The number of hydrogen-bond acceptors (Lipinski definition) is 3. The zero-order chi connectivity index (χ0) is 16.5. The Balaban J connectivity index is 3.09. The van der Waals surface area contributed by atoms with E-state index in [2.05, 4.69) is 25.5 Å². The Morgan fingerprint density at radius 1 is 1.10 bits per heavy atom. The van der Waals surface area contributed by atoms with Crippen molar-refractivity contribution in [1.29, 1.82) is 0 Å². The highest BCUT2D eigenvalue weighted by Gasteiger charge is 2.32. The second-order valence-electron chi connectivity index (χ2n) is 7.16. The number of nitrogens with one attached hydrogen (secondary N) is 1. The lowest BCUT2D eigenvalue weighted by Crippen LogP contribution is -2.54. The Labute approximate surface area is 129 Å². The van der Waals surface area contributed by atoms with Crippen LogP contribution in [0.3, 0.4) is 0 Å². The predicted octanol–water partition coefficient (Wildman–Crippen LogP) is 2.64. The molecule has 1 unspecified atom stereocenters. The van der Waals surface area contributed by atoms with E-state index in [1.54, 1.807) is 12.1 Å². The first-order valence-corrected chi connectivity index (χ1v) is 8.75. The molecule has 21 heavy (non-hydrogen) atoms. The second kappa shape index (κ2) is 6.07. The van der Waals surface area contributed by atoms with Gasteiger partial charge in [-0.1, -0.05) is 46.8 Å². The van der Waals surface area contributed by atoms with Gasteiger partial charge in [-0.05, 0) is 36.0 Å². The van der Waals surface area contributed by atoms with E-state index < -0.39 is 15.6 Å². The van der Waals surface area contributed by atoms with Crippen LogP contribution in [0.15, 0.2) is 29.2 Å². The van der Waals surface area contributed by atoms with Crippen LogP contribution in [0.1, 0.15) is 47.1 Å². The van der Waals surface area contributed by atoms with E-state index in [1.807, 2.05) is 32.9 Å². The fourth-order valence-electron chi connectivity index (χ4n) is 1.90. The third-order valence-electron chi connectivity index (χ3n) is 4.10. The normalized spacial score (nSPS) is 16.0. The minimum atomic E-state index is -3.57. The third-order valence-corrected chi connectivity index (χ3v) is 5.72. The van der Waals surface area contributed by atoms with Gasteiger partial charge in [0.05, 0.1) is 4.90 Å². The number of hydrogen-bond donors (Lipinski definition) is 2. The maximum absolute atomic E-state index is 12.5. The van der Waals surface area contributed by atoms with Crippen molar-refractivity contribution in [3.63, 3.8) is 0 Å². The molecule has 0 spiro atoms. The van der Waals surface area contributed by atoms with Crippen molar-refractivity contribution in [3.8, 4) is 0 Å². The number of rotatable bonds is 5. The molecule has 0 fully saturated rings. The lowest BCUT2D eigenvalue weighted by atomic mass is 9.87. The van der Waals surface area contributed by atoms with Crippen LogP contribution in [0, 0.1) is 5.92 Å². The first-order valence-electron chi connectivity index (χ1n) is 7.27. The van der Waals surface area contributed by atoms with E-state index in [1.165, 1.54) is 0 Å². The van der Waals surface area contributed by atoms with Crippen molar-refractivity contribution in [3.05, 3.63) is 29.8 Å². The van der Waals surface area contributed by atoms with Crippen LogP contribution in [-0.2, 0) is 15.4 Å². The molecule has 0 radical (unpaired) electrons. The summed E-state index contributed by atoms with van der Waals surface area (Å²) in [5.74, 6) is 0.103. The second-order valence-corrected chi connectivity index (χ2v) is 8.84. The molecule has 1 rings (SSSR count). The molecule has 1 aromatic carbocycles. The van der Waals surface area contributed by atoms with Crippen LogP contribution in [0.2, 0.25) is 0 Å². The summed E-state index contributed by atoms with van der Waals surface area (Å²) in [5, 5.41) is 0. The summed E-state index contributed by atoms with van der Waals surface area (Å²) in [7, 11) is -3.57. The van der Waals surface area contributed by atoms with E-state index in [0.29, 0.717) is 0 Å². The molecule has 0 heterocycles.